The maximum absolute atomic E-state index is 9.29. The van der Waals surface area contributed by atoms with Gasteiger partial charge in [0.05, 0.1) is 0 Å². The molecule has 1 unspecified atom stereocenters. The number of rotatable bonds is 5. The molecule has 100 valence electrons. The zero-order chi connectivity index (χ0) is 13.7. The van der Waals surface area contributed by atoms with E-state index in [2.05, 4.69) is 58.9 Å². The van der Waals surface area contributed by atoms with Crippen molar-refractivity contribution in [1.82, 2.24) is 0 Å². The van der Waals surface area contributed by atoms with Gasteiger partial charge in [-0.3, -0.25) is 0 Å². The summed E-state index contributed by atoms with van der Waals surface area (Å²) in [5, 5.41) is 9.29. The van der Waals surface area contributed by atoms with Crippen LogP contribution in [0.4, 0.5) is 0 Å². The number of hydrogen-bond acceptors (Lipinski definition) is 1. The van der Waals surface area contributed by atoms with Gasteiger partial charge in [0.1, 0.15) is 0 Å². The Balaban J connectivity index is 3.15. The molecular weight excluding hydrogens is 220 g/mol. The topological polar surface area (TPSA) is 20.2 Å². The van der Waals surface area contributed by atoms with Crippen molar-refractivity contribution in [1.29, 1.82) is 0 Å². The van der Waals surface area contributed by atoms with Gasteiger partial charge in [-0.15, -0.1) is 0 Å². The summed E-state index contributed by atoms with van der Waals surface area (Å²) < 4.78 is 0. The van der Waals surface area contributed by atoms with Crippen LogP contribution in [0.3, 0.4) is 0 Å². The molecule has 0 heterocycles. The van der Waals surface area contributed by atoms with E-state index in [-0.39, 0.29) is 12.5 Å². The van der Waals surface area contributed by atoms with Gasteiger partial charge in [0.2, 0.25) is 0 Å². The molecule has 0 spiro atoms. The third-order valence-corrected chi connectivity index (χ3v) is 3.63. The lowest BCUT2D eigenvalue weighted by Gasteiger charge is -2.14. The molecule has 0 aliphatic carbocycles. The molecule has 1 heteroatoms. The highest BCUT2D eigenvalue weighted by molar-refractivity contribution is 5.58. The summed E-state index contributed by atoms with van der Waals surface area (Å²) >= 11 is 0. The molecule has 1 rings (SSSR count). The van der Waals surface area contributed by atoms with E-state index >= 15 is 0 Å². The summed E-state index contributed by atoms with van der Waals surface area (Å²) in [5.74, 6) is 0.801. The molecule has 0 saturated carbocycles. The molecule has 1 aromatic rings. The normalized spacial score (nSPS) is 14.1. The molecule has 0 aromatic heterocycles. The van der Waals surface area contributed by atoms with Crippen LogP contribution >= 0.6 is 0 Å². The van der Waals surface area contributed by atoms with Crippen molar-refractivity contribution in [3.8, 4) is 0 Å². The molecule has 1 atom stereocenters. The molecule has 0 aliphatic heterocycles. The Morgan fingerprint density at radius 1 is 1.28 bits per heavy atom. The van der Waals surface area contributed by atoms with Gasteiger partial charge in [0.15, 0.2) is 0 Å². The van der Waals surface area contributed by atoms with Gasteiger partial charge in [-0.25, -0.2) is 0 Å². The van der Waals surface area contributed by atoms with Crippen LogP contribution in [-0.2, 0) is 0 Å². The molecule has 0 radical (unpaired) electrons. The number of aryl methyl sites for hydroxylation is 1. The quantitative estimate of drug-likeness (QED) is 0.808. The average Bonchev–Trinajstić information content (AvgIpc) is 2.36. The first-order valence-corrected chi connectivity index (χ1v) is 6.91. The Labute approximate surface area is 112 Å². The summed E-state index contributed by atoms with van der Waals surface area (Å²) in [5.41, 5.74) is 5.29. The Hall–Kier alpha value is -1.08. The van der Waals surface area contributed by atoms with Crippen molar-refractivity contribution in [2.24, 2.45) is 5.92 Å². The fraction of sp³-hybridized carbons (Fsp3) is 0.529. The highest BCUT2D eigenvalue weighted by Crippen LogP contribution is 2.23. The predicted octanol–water partition coefficient (Wildman–Crippen LogP) is 4.54. The molecule has 0 aliphatic rings. The summed E-state index contributed by atoms with van der Waals surface area (Å²) in [4.78, 5) is 0. The third-order valence-electron chi connectivity index (χ3n) is 3.63. The second-order valence-corrected chi connectivity index (χ2v) is 5.43. The van der Waals surface area contributed by atoms with Crippen molar-refractivity contribution in [3.63, 3.8) is 0 Å². The van der Waals surface area contributed by atoms with Crippen LogP contribution in [0.15, 0.2) is 23.8 Å². The smallest absolute Gasteiger partial charge is 0.0493 e. The van der Waals surface area contributed by atoms with Gasteiger partial charge in [-0.05, 0) is 36.0 Å². The van der Waals surface area contributed by atoms with Crippen LogP contribution in [0.25, 0.3) is 6.08 Å². The lowest BCUT2D eigenvalue weighted by atomic mass is 9.93. The van der Waals surface area contributed by atoms with Gasteiger partial charge < -0.3 is 5.11 Å². The first kappa shape index (κ1) is 15.0. The van der Waals surface area contributed by atoms with Crippen LogP contribution < -0.4 is 0 Å². The second-order valence-electron chi connectivity index (χ2n) is 5.43. The summed E-state index contributed by atoms with van der Waals surface area (Å²) in [6, 6.07) is 6.68. The number of aliphatic hydroxyl groups excluding tert-OH is 1. The maximum Gasteiger partial charge on any atom is 0.0493 e. The van der Waals surface area contributed by atoms with E-state index in [1.165, 1.54) is 22.3 Å². The molecular formula is C17H26O. The van der Waals surface area contributed by atoms with E-state index in [9.17, 15) is 5.11 Å². The van der Waals surface area contributed by atoms with Crippen molar-refractivity contribution >= 4 is 6.08 Å². The van der Waals surface area contributed by atoms with Crippen molar-refractivity contribution in [2.45, 2.75) is 47.0 Å². The molecule has 1 N–H and O–H groups in total. The minimum atomic E-state index is 0.225. The molecule has 1 nitrogen and oxygen atoms in total. The minimum Gasteiger partial charge on any atom is -0.396 e. The molecule has 18 heavy (non-hydrogen) atoms. The minimum absolute atomic E-state index is 0.225. The van der Waals surface area contributed by atoms with Crippen molar-refractivity contribution < 1.29 is 5.11 Å². The van der Waals surface area contributed by atoms with Crippen LogP contribution in [0.1, 0.15) is 56.7 Å². The first-order chi connectivity index (χ1) is 8.49. The zero-order valence-corrected chi connectivity index (χ0v) is 12.3. The van der Waals surface area contributed by atoms with Gasteiger partial charge in [-0.1, -0.05) is 57.5 Å². The number of benzene rings is 1. The highest BCUT2D eigenvalue weighted by Gasteiger charge is 2.07. The zero-order valence-electron chi connectivity index (χ0n) is 12.3. The monoisotopic (exact) mass is 246 g/mol. The Kier molecular flexibility index (Phi) is 5.61. The molecule has 1 aromatic carbocycles. The van der Waals surface area contributed by atoms with E-state index < -0.39 is 0 Å². The lowest BCUT2D eigenvalue weighted by molar-refractivity contribution is 0.255. The first-order valence-electron chi connectivity index (χ1n) is 6.91. The van der Waals surface area contributed by atoms with Crippen molar-refractivity contribution in [2.75, 3.05) is 6.61 Å². The maximum atomic E-state index is 9.29. The summed E-state index contributed by atoms with van der Waals surface area (Å²) in [6.07, 6.45) is 3.25. The fourth-order valence-electron chi connectivity index (χ4n) is 2.08. The van der Waals surface area contributed by atoms with Crippen LogP contribution in [0.2, 0.25) is 0 Å². The summed E-state index contributed by atoms with van der Waals surface area (Å²) in [7, 11) is 0. The van der Waals surface area contributed by atoms with Gasteiger partial charge in [0.25, 0.3) is 0 Å². The molecule has 0 bridgehead atoms. The van der Waals surface area contributed by atoms with E-state index in [0.29, 0.717) is 5.92 Å². The SMILES string of the molecule is CC/C(=C\c1cc(C(C)C)ccc1C)C(C)CO. The lowest BCUT2D eigenvalue weighted by Crippen LogP contribution is -2.04. The van der Waals surface area contributed by atoms with E-state index in [4.69, 9.17) is 0 Å². The molecule has 0 saturated heterocycles. The van der Waals surface area contributed by atoms with Gasteiger partial charge >= 0.3 is 0 Å². The predicted molar refractivity (Wildman–Crippen MR) is 79.8 cm³/mol. The third kappa shape index (κ3) is 3.71. The van der Waals surface area contributed by atoms with Crippen LogP contribution in [0.5, 0.6) is 0 Å². The van der Waals surface area contributed by atoms with E-state index in [1.54, 1.807) is 0 Å². The number of aliphatic hydroxyl groups is 1. The number of hydrogen-bond donors (Lipinski definition) is 1. The summed E-state index contributed by atoms with van der Waals surface area (Å²) in [6.45, 7) is 11.0. The Morgan fingerprint density at radius 2 is 1.94 bits per heavy atom. The van der Waals surface area contributed by atoms with Crippen LogP contribution in [-0.4, -0.2) is 11.7 Å². The van der Waals surface area contributed by atoms with E-state index in [0.717, 1.165) is 6.42 Å². The van der Waals surface area contributed by atoms with Crippen LogP contribution in [0, 0.1) is 12.8 Å². The Morgan fingerprint density at radius 3 is 2.44 bits per heavy atom. The van der Waals surface area contributed by atoms with Crippen molar-refractivity contribution in [3.05, 3.63) is 40.5 Å². The van der Waals surface area contributed by atoms with Gasteiger partial charge in [-0.2, -0.15) is 0 Å². The Bertz CT molecular complexity index is 416. The second kappa shape index (κ2) is 6.75. The fourth-order valence-corrected chi connectivity index (χ4v) is 2.08. The highest BCUT2D eigenvalue weighted by atomic mass is 16.3. The van der Waals surface area contributed by atoms with Gasteiger partial charge in [0, 0.05) is 12.5 Å². The average molecular weight is 246 g/mol. The molecule has 0 amide bonds. The largest absolute Gasteiger partial charge is 0.396 e. The van der Waals surface area contributed by atoms with E-state index in [1.807, 2.05) is 0 Å². The standard InChI is InChI=1S/C17H26O/c1-6-15(14(5)11-18)9-17-10-16(12(2)3)8-7-13(17)4/h7-10,12,14,18H,6,11H2,1-5H3/b15-9+. The molecule has 0 fully saturated rings.